The van der Waals surface area contributed by atoms with Crippen LogP contribution in [0.4, 0.5) is 0 Å². The van der Waals surface area contributed by atoms with E-state index in [1.54, 1.807) is 0 Å². The number of unbranched alkanes of at least 4 members (excludes halogenated alkanes) is 5. The first-order valence-corrected chi connectivity index (χ1v) is 6.14. The second-order valence-corrected chi connectivity index (χ2v) is 4.01. The molecule has 1 atom stereocenters. The summed E-state index contributed by atoms with van der Waals surface area (Å²) in [4.78, 5) is 14.9. The lowest BCUT2D eigenvalue weighted by atomic mass is 10.1. The Labute approximate surface area is 103 Å². The molecule has 5 heteroatoms. The van der Waals surface area contributed by atoms with E-state index in [-0.39, 0.29) is 5.97 Å². The number of carbonyl (C=O) groups is 1. The summed E-state index contributed by atoms with van der Waals surface area (Å²) in [5, 5.41) is 8.41. The Morgan fingerprint density at radius 2 is 1.65 bits per heavy atom. The molecule has 1 unspecified atom stereocenters. The highest BCUT2D eigenvalue weighted by atomic mass is 17.1. The van der Waals surface area contributed by atoms with Gasteiger partial charge < -0.3 is 9.47 Å². The molecule has 0 rings (SSSR count). The summed E-state index contributed by atoms with van der Waals surface area (Å²) in [7, 11) is 2.92. The van der Waals surface area contributed by atoms with E-state index in [9.17, 15) is 4.79 Å². The number of hydrogen-bond donors (Lipinski definition) is 1. The molecule has 17 heavy (non-hydrogen) atoms. The van der Waals surface area contributed by atoms with Crippen LogP contribution in [0, 0.1) is 0 Å². The van der Waals surface area contributed by atoms with Crippen LogP contribution in [0.2, 0.25) is 0 Å². The third-order valence-electron chi connectivity index (χ3n) is 2.68. The van der Waals surface area contributed by atoms with Gasteiger partial charge in [0.1, 0.15) is 0 Å². The fourth-order valence-corrected chi connectivity index (χ4v) is 1.60. The van der Waals surface area contributed by atoms with Crippen molar-refractivity contribution in [3.63, 3.8) is 0 Å². The van der Waals surface area contributed by atoms with Gasteiger partial charge in [0, 0.05) is 20.0 Å². The maximum Gasteiger partial charge on any atom is 0.305 e. The molecule has 0 aliphatic carbocycles. The molecule has 0 aromatic rings. The zero-order valence-electron chi connectivity index (χ0n) is 10.8. The molecular weight excluding hydrogens is 224 g/mol. The normalized spacial score (nSPS) is 12.4. The number of esters is 1. The minimum atomic E-state index is -0.505. The molecule has 0 radical (unpaired) electrons. The zero-order chi connectivity index (χ0) is 12.9. The minimum Gasteiger partial charge on any atom is -0.469 e. The van der Waals surface area contributed by atoms with Crippen LogP contribution in [0.5, 0.6) is 0 Å². The number of methoxy groups -OCH3 is 2. The smallest absolute Gasteiger partial charge is 0.305 e. The molecule has 102 valence electrons. The van der Waals surface area contributed by atoms with E-state index in [1.165, 1.54) is 14.2 Å². The van der Waals surface area contributed by atoms with Crippen LogP contribution in [0.25, 0.3) is 0 Å². The first-order chi connectivity index (χ1) is 8.24. The molecule has 5 nitrogen and oxygen atoms in total. The molecule has 0 aromatic carbocycles. The van der Waals surface area contributed by atoms with Crippen LogP contribution in [0.3, 0.4) is 0 Å². The van der Waals surface area contributed by atoms with Crippen LogP contribution in [0.1, 0.15) is 51.4 Å². The van der Waals surface area contributed by atoms with Crippen LogP contribution in [-0.4, -0.2) is 31.7 Å². The van der Waals surface area contributed by atoms with E-state index in [0.29, 0.717) is 12.8 Å². The SMILES string of the molecule is COC(=O)CCCCCCCCC(OC)OO. The van der Waals surface area contributed by atoms with Gasteiger partial charge in [-0.25, -0.2) is 10.1 Å². The average Bonchev–Trinajstić information content (AvgIpc) is 2.36. The van der Waals surface area contributed by atoms with Gasteiger partial charge in [-0.05, 0) is 12.8 Å². The van der Waals surface area contributed by atoms with Crippen LogP contribution in [-0.2, 0) is 19.2 Å². The molecule has 0 bridgehead atoms. The maximum atomic E-state index is 10.8. The quantitative estimate of drug-likeness (QED) is 0.200. The summed E-state index contributed by atoms with van der Waals surface area (Å²) < 4.78 is 9.42. The summed E-state index contributed by atoms with van der Waals surface area (Å²) in [5.41, 5.74) is 0. The lowest BCUT2D eigenvalue weighted by molar-refractivity contribution is -0.341. The van der Waals surface area contributed by atoms with E-state index in [4.69, 9.17) is 9.99 Å². The van der Waals surface area contributed by atoms with Crippen molar-refractivity contribution in [2.75, 3.05) is 14.2 Å². The topological polar surface area (TPSA) is 65.0 Å². The monoisotopic (exact) mass is 248 g/mol. The standard InChI is InChI=1S/C12H24O5/c1-15-11(13)9-7-5-3-4-6-8-10-12(16-2)17-14/h12,14H,3-10H2,1-2H3. The largest absolute Gasteiger partial charge is 0.469 e. The Morgan fingerprint density at radius 3 is 2.18 bits per heavy atom. The summed E-state index contributed by atoms with van der Waals surface area (Å²) in [6, 6.07) is 0. The minimum absolute atomic E-state index is 0.131. The highest BCUT2D eigenvalue weighted by Gasteiger charge is 2.05. The van der Waals surface area contributed by atoms with Crippen molar-refractivity contribution in [1.82, 2.24) is 0 Å². The Balaban J connectivity index is 3.16. The molecule has 0 fully saturated rings. The molecular formula is C12H24O5. The molecule has 0 aliphatic heterocycles. The van der Waals surface area contributed by atoms with E-state index in [0.717, 1.165) is 38.5 Å². The Kier molecular flexibility index (Phi) is 11.4. The molecule has 1 N–H and O–H groups in total. The summed E-state index contributed by atoms with van der Waals surface area (Å²) in [6.45, 7) is 0. The summed E-state index contributed by atoms with van der Waals surface area (Å²) in [5.74, 6) is -0.131. The van der Waals surface area contributed by atoms with Gasteiger partial charge in [0.05, 0.1) is 7.11 Å². The number of rotatable bonds is 11. The predicted molar refractivity (Wildman–Crippen MR) is 63.5 cm³/mol. The highest BCUT2D eigenvalue weighted by Crippen LogP contribution is 2.11. The third-order valence-corrected chi connectivity index (χ3v) is 2.68. The fraction of sp³-hybridized carbons (Fsp3) is 0.917. The zero-order valence-corrected chi connectivity index (χ0v) is 10.8. The maximum absolute atomic E-state index is 10.8. The van der Waals surface area contributed by atoms with Crippen molar-refractivity contribution >= 4 is 5.97 Å². The van der Waals surface area contributed by atoms with Gasteiger partial charge in [-0.2, -0.15) is 0 Å². The summed E-state index contributed by atoms with van der Waals surface area (Å²) >= 11 is 0. The second-order valence-electron chi connectivity index (χ2n) is 4.01. The van der Waals surface area contributed by atoms with Crippen molar-refractivity contribution in [1.29, 1.82) is 0 Å². The van der Waals surface area contributed by atoms with Crippen LogP contribution in [0.15, 0.2) is 0 Å². The molecule has 0 aromatic heterocycles. The molecule has 0 amide bonds. The van der Waals surface area contributed by atoms with Crippen molar-refractivity contribution in [3.8, 4) is 0 Å². The molecule has 0 heterocycles. The summed E-state index contributed by atoms with van der Waals surface area (Å²) in [6.07, 6.45) is 6.96. The van der Waals surface area contributed by atoms with Crippen molar-refractivity contribution < 1.29 is 24.4 Å². The van der Waals surface area contributed by atoms with E-state index in [1.807, 2.05) is 0 Å². The van der Waals surface area contributed by atoms with Crippen molar-refractivity contribution in [2.45, 2.75) is 57.7 Å². The fourth-order valence-electron chi connectivity index (χ4n) is 1.60. The number of carbonyl (C=O) groups excluding carboxylic acids is 1. The van der Waals surface area contributed by atoms with E-state index < -0.39 is 6.29 Å². The number of ether oxygens (including phenoxy) is 2. The Bertz CT molecular complexity index is 180. The van der Waals surface area contributed by atoms with Crippen LogP contribution < -0.4 is 0 Å². The number of hydrogen-bond acceptors (Lipinski definition) is 5. The van der Waals surface area contributed by atoms with Gasteiger partial charge >= 0.3 is 5.97 Å². The lowest BCUT2D eigenvalue weighted by Crippen LogP contribution is -2.12. The van der Waals surface area contributed by atoms with Gasteiger partial charge in [0.25, 0.3) is 0 Å². The Hall–Kier alpha value is -0.650. The van der Waals surface area contributed by atoms with Crippen LogP contribution >= 0.6 is 0 Å². The molecule has 0 saturated carbocycles. The second kappa shape index (κ2) is 11.8. The van der Waals surface area contributed by atoms with Gasteiger partial charge in [-0.3, -0.25) is 4.79 Å². The lowest BCUT2D eigenvalue weighted by Gasteiger charge is -2.10. The molecule has 0 saturated heterocycles. The average molecular weight is 248 g/mol. The van der Waals surface area contributed by atoms with Crippen molar-refractivity contribution in [3.05, 3.63) is 0 Å². The Morgan fingerprint density at radius 1 is 1.06 bits per heavy atom. The highest BCUT2D eigenvalue weighted by molar-refractivity contribution is 5.68. The molecule has 0 spiro atoms. The molecule has 0 aliphatic rings. The van der Waals surface area contributed by atoms with Gasteiger partial charge in [-0.15, -0.1) is 0 Å². The first-order valence-electron chi connectivity index (χ1n) is 6.14. The van der Waals surface area contributed by atoms with Gasteiger partial charge in [-0.1, -0.05) is 25.7 Å². The van der Waals surface area contributed by atoms with Gasteiger partial charge in [0.2, 0.25) is 0 Å². The predicted octanol–water partition coefficient (Wildman–Crippen LogP) is 2.74. The van der Waals surface area contributed by atoms with Crippen molar-refractivity contribution in [2.24, 2.45) is 0 Å². The van der Waals surface area contributed by atoms with E-state index >= 15 is 0 Å². The van der Waals surface area contributed by atoms with Gasteiger partial charge in [0.15, 0.2) is 6.29 Å². The third kappa shape index (κ3) is 10.2. The first kappa shape index (κ1) is 16.4. The van der Waals surface area contributed by atoms with E-state index in [2.05, 4.69) is 9.62 Å².